The molecule has 2 saturated heterocycles. The molecule has 2 fully saturated rings. The fourth-order valence-corrected chi connectivity index (χ4v) is 8.82. The predicted molar refractivity (Wildman–Crippen MR) is 234 cm³/mol. The second-order valence-corrected chi connectivity index (χ2v) is 17.5. The molecule has 2 aromatic heterocycles. The Morgan fingerprint density at radius 1 is 0.639 bits per heavy atom. The number of benzene rings is 3. The van der Waals surface area contributed by atoms with Crippen LogP contribution in [0, 0.1) is 30.6 Å². The summed E-state index contributed by atoms with van der Waals surface area (Å²) < 4.78 is 9.60. The molecule has 14 nitrogen and oxygen atoms in total. The predicted octanol–water partition coefficient (Wildman–Crippen LogP) is 8.18. The summed E-state index contributed by atoms with van der Waals surface area (Å²) in [5.41, 5.74) is 8.72. The summed E-state index contributed by atoms with van der Waals surface area (Å²) in [6.45, 7) is 15.0. The van der Waals surface area contributed by atoms with Gasteiger partial charge in [-0.05, 0) is 83.4 Å². The number of hydrogen-bond acceptors (Lipinski definition) is 8. The first-order valence-electron chi connectivity index (χ1n) is 21.2. The Kier molecular flexibility index (Phi) is 12.5. The van der Waals surface area contributed by atoms with Gasteiger partial charge in [0.05, 0.1) is 48.7 Å². The van der Waals surface area contributed by atoms with Gasteiger partial charge in [0, 0.05) is 13.1 Å². The summed E-state index contributed by atoms with van der Waals surface area (Å²) in [4.78, 5) is 72.3. The number of amides is 4. The molecule has 5 aromatic rings. The fraction of sp³-hybridized carbons (Fsp3) is 0.447. The minimum atomic E-state index is -0.703. The van der Waals surface area contributed by atoms with Crippen molar-refractivity contribution in [2.24, 2.45) is 23.7 Å². The fourth-order valence-electron chi connectivity index (χ4n) is 8.82. The standard InChI is InChI=1S/C47H58N8O6/c1-25(2)39(52-46(58)60-8)44(56)54-23-27(5)20-37(54)42-48-29(7)41(51-42)33-16-14-31(15-17-33)30-10-12-32(13-11-30)34-18-19-35-36(22-34)50-43(49-35)38-21-28(6)24-55(38)45(57)40(26(3)4)53-47(59)61-9/h10-19,22,25-28,37-40H,20-21,23-24H2,1-9H3,(H,48,51)(H,49,50)(H,52,58)(H,53,59)/t27-,28-,37-,38-,39-,40-/m0/s1. The molecule has 4 amide bonds. The van der Waals surface area contributed by atoms with E-state index in [0.29, 0.717) is 13.1 Å². The Morgan fingerprint density at radius 2 is 1.07 bits per heavy atom. The average Bonchev–Trinajstić information content (AvgIpc) is 4.05. The zero-order valence-electron chi connectivity index (χ0n) is 36.5. The van der Waals surface area contributed by atoms with Crippen LogP contribution in [0.25, 0.3) is 44.5 Å². The highest BCUT2D eigenvalue weighted by molar-refractivity contribution is 5.88. The highest BCUT2D eigenvalue weighted by Gasteiger charge is 2.42. The lowest BCUT2D eigenvalue weighted by atomic mass is 9.99. The number of rotatable bonds is 11. The number of imidazole rings is 2. The molecule has 3 aromatic carbocycles. The lowest BCUT2D eigenvalue weighted by molar-refractivity contribution is -0.136. The van der Waals surface area contributed by atoms with E-state index in [9.17, 15) is 19.2 Å². The van der Waals surface area contributed by atoms with Crippen molar-refractivity contribution < 1.29 is 28.7 Å². The van der Waals surface area contributed by atoms with Crippen LogP contribution in [-0.2, 0) is 19.1 Å². The van der Waals surface area contributed by atoms with Crippen LogP contribution in [0.15, 0.2) is 66.7 Å². The third-order valence-corrected chi connectivity index (χ3v) is 12.1. The maximum atomic E-state index is 13.8. The van der Waals surface area contributed by atoms with Crippen LogP contribution in [0.3, 0.4) is 0 Å². The van der Waals surface area contributed by atoms with Crippen LogP contribution in [0.5, 0.6) is 0 Å². The number of nitrogens with one attached hydrogen (secondary N) is 4. The quantitative estimate of drug-likeness (QED) is 0.103. The van der Waals surface area contributed by atoms with Crippen LogP contribution < -0.4 is 10.6 Å². The molecule has 0 unspecified atom stereocenters. The van der Waals surface area contributed by atoms with Crippen LogP contribution in [-0.4, -0.2) is 93.1 Å². The largest absolute Gasteiger partial charge is 0.453 e. The Labute approximate surface area is 357 Å². The Hall–Kier alpha value is -6.18. The van der Waals surface area contributed by atoms with E-state index in [1.54, 1.807) is 0 Å². The summed E-state index contributed by atoms with van der Waals surface area (Å²) in [5, 5.41) is 5.45. The van der Waals surface area contributed by atoms with Gasteiger partial charge in [0.1, 0.15) is 23.7 Å². The number of methoxy groups -OCH3 is 2. The molecule has 61 heavy (non-hydrogen) atoms. The topological polar surface area (TPSA) is 175 Å². The monoisotopic (exact) mass is 830 g/mol. The number of aryl methyl sites for hydroxylation is 1. The van der Waals surface area contributed by atoms with Gasteiger partial charge in [0.25, 0.3) is 0 Å². The van der Waals surface area contributed by atoms with Crippen LogP contribution in [0.2, 0.25) is 0 Å². The number of aromatic nitrogens is 4. The van der Waals surface area contributed by atoms with Gasteiger partial charge < -0.3 is 39.9 Å². The van der Waals surface area contributed by atoms with Gasteiger partial charge in [0.2, 0.25) is 11.8 Å². The van der Waals surface area contributed by atoms with Gasteiger partial charge in [-0.3, -0.25) is 9.59 Å². The lowest BCUT2D eigenvalue weighted by Crippen LogP contribution is -2.51. The number of nitrogens with zero attached hydrogens (tertiary/aromatic N) is 4. The van der Waals surface area contributed by atoms with Gasteiger partial charge in [-0.1, -0.05) is 96.1 Å². The van der Waals surface area contributed by atoms with E-state index in [0.717, 1.165) is 74.7 Å². The maximum Gasteiger partial charge on any atom is 0.407 e. The van der Waals surface area contributed by atoms with Crippen molar-refractivity contribution >= 4 is 35.0 Å². The van der Waals surface area contributed by atoms with E-state index < -0.39 is 24.3 Å². The molecule has 14 heteroatoms. The first-order chi connectivity index (χ1) is 29.1. The molecular formula is C47H58N8O6. The number of carbonyl (C=O) groups excluding carboxylic acids is 4. The van der Waals surface area contributed by atoms with Crippen molar-refractivity contribution in [3.63, 3.8) is 0 Å². The summed E-state index contributed by atoms with van der Waals surface area (Å²) >= 11 is 0. The molecule has 4 N–H and O–H groups in total. The molecule has 0 radical (unpaired) electrons. The average molecular weight is 831 g/mol. The number of alkyl carbamates (subject to hydrolysis) is 2. The molecule has 4 heterocycles. The number of carbonyl (C=O) groups is 4. The first-order valence-corrected chi connectivity index (χ1v) is 21.2. The minimum absolute atomic E-state index is 0.116. The van der Waals surface area contributed by atoms with Crippen molar-refractivity contribution in [1.29, 1.82) is 0 Å². The Morgan fingerprint density at radius 3 is 1.52 bits per heavy atom. The molecule has 0 spiro atoms. The molecule has 322 valence electrons. The van der Waals surface area contributed by atoms with Crippen molar-refractivity contribution in [3.8, 4) is 33.5 Å². The molecule has 2 aliphatic rings. The van der Waals surface area contributed by atoms with Crippen LogP contribution in [0.1, 0.15) is 83.8 Å². The minimum Gasteiger partial charge on any atom is -0.453 e. The number of fused-ring (bicyclic) bond motifs is 1. The van der Waals surface area contributed by atoms with Gasteiger partial charge in [0.15, 0.2) is 0 Å². The summed E-state index contributed by atoms with van der Waals surface area (Å²) in [6.07, 6.45) is 0.289. The summed E-state index contributed by atoms with van der Waals surface area (Å²) in [7, 11) is 2.59. The molecule has 6 atom stereocenters. The van der Waals surface area contributed by atoms with E-state index >= 15 is 0 Å². The number of hydrogen-bond donors (Lipinski definition) is 4. The smallest absolute Gasteiger partial charge is 0.407 e. The van der Waals surface area contributed by atoms with Gasteiger partial charge >= 0.3 is 12.2 Å². The number of aromatic amines is 2. The first kappa shape index (κ1) is 42.9. The molecule has 0 saturated carbocycles. The molecule has 7 rings (SSSR count). The number of ether oxygens (including phenoxy) is 2. The lowest BCUT2D eigenvalue weighted by Gasteiger charge is -2.30. The number of likely N-dealkylation sites (tertiary alicyclic amines) is 2. The SMILES string of the molecule is COC(=O)N[C@H](C(=O)N1C[C@@H](C)C[C@H]1c1nc(C)c(-c2ccc(-c3ccc(-c4ccc5[nH]c([C@@H]6C[C@H](C)CN6C(=O)[C@@H](NC(=O)OC)C(C)C)nc5c4)cc3)cc2)[nH]1)C(C)C. The van der Waals surface area contributed by atoms with Gasteiger partial charge in [-0.2, -0.15) is 0 Å². The second-order valence-electron chi connectivity index (χ2n) is 17.5. The normalized spacial score (nSPS) is 20.0. The number of H-pyrrole nitrogens is 2. The maximum absolute atomic E-state index is 13.8. The molecule has 0 bridgehead atoms. The zero-order valence-corrected chi connectivity index (χ0v) is 36.5. The van der Waals surface area contributed by atoms with E-state index in [2.05, 4.69) is 95.1 Å². The second kappa shape index (κ2) is 17.8. The van der Waals surface area contributed by atoms with E-state index in [1.807, 2.05) is 50.5 Å². The molecule has 2 aliphatic heterocycles. The van der Waals surface area contributed by atoms with Crippen molar-refractivity contribution in [2.45, 2.75) is 85.5 Å². The summed E-state index contributed by atoms with van der Waals surface area (Å²) in [5.74, 6) is 1.52. The van der Waals surface area contributed by atoms with Crippen molar-refractivity contribution in [2.75, 3.05) is 27.3 Å². The summed E-state index contributed by atoms with van der Waals surface area (Å²) in [6, 6.07) is 21.2. The zero-order chi connectivity index (χ0) is 43.7. The van der Waals surface area contributed by atoms with E-state index in [-0.39, 0.29) is 47.6 Å². The van der Waals surface area contributed by atoms with Gasteiger partial charge in [-0.25, -0.2) is 19.6 Å². The van der Waals surface area contributed by atoms with Crippen molar-refractivity contribution in [1.82, 2.24) is 40.4 Å². The van der Waals surface area contributed by atoms with E-state index in [4.69, 9.17) is 19.4 Å². The van der Waals surface area contributed by atoms with E-state index in [1.165, 1.54) is 14.2 Å². The Bertz CT molecular complexity index is 2390. The van der Waals surface area contributed by atoms with Crippen LogP contribution >= 0.6 is 0 Å². The molecular weight excluding hydrogens is 773 g/mol. The highest BCUT2D eigenvalue weighted by atomic mass is 16.5. The third kappa shape index (κ3) is 8.99. The highest BCUT2D eigenvalue weighted by Crippen LogP contribution is 2.38. The molecule has 0 aliphatic carbocycles. The third-order valence-electron chi connectivity index (χ3n) is 12.1. The van der Waals surface area contributed by atoms with Gasteiger partial charge in [-0.15, -0.1) is 0 Å². The van der Waals surface area contributed by atoms with Crippen LogP contribution in [0.4, 0.5) is 9.59 Å². The van der Waals surface area contributed by atoms with Crippen molar-refractivity contribution in [3.05, 3.63) is 84.1 Å². The Balaban J connectivity index is 1.05.